The van der Waals surface area contributed by atoms with Crippen molar-refractivity contribution in [1.29, 1.82) is 0 Å². The second kappa shape index (κ2) is 2.73. The number of hydrogen-bond acceptors (Lipinski definition) is 2. The van der Waals surface area contributed by atoms with Crippen molar-refractivity contribution in [2.24, 2.45) is 0 Å². The normalized spacial score (nSPS) is 19.3. The largest absolute Gasteiger partial charge is 0.492 e. The molecule has 0 bridgehead atoms. The lowest BCUT2D eigenvalue weighted by Crippen LogP contribution is -2.12. The number of aliphatic carboxylic acids is 1. The summed E-state index contributed by atoms with van der Waals surface area (Å²) in [5.41, 5.74) is 0.550. The van der Waals surface area contributed by atoms with Crippen LogP contribution in [0.15, 0.2) is 18.2 Å². The first-order chi connectivity index (χ1) is 6.18. The molecule has 13 heavy (non-hydrogen) atoms. The first kappa shape index (κ1) is 8.04. The van der Waals surface area contributed by atoms with E-state index in [9.17, 15) is 9.18 Å². The number of benzene rings is 1. The van der Waals surface area contributed by atoms with E-state index in [0.717, 1.165) is 0 Å². The molecule has 0 aliphatic carbocycles. The molecule has 68 valence electrons. The van der Waals surface area contributed by atoms with E-state index < -0.39 is 17.7 Å². The monoisotopic (exact) mass is 182 g/mol. The van der Waals surface area contributed by atoms with Gasteiger partial charge in [0.25, 0.3) is 0 Å². The highest BCUT2D eigenvalue weighted by Crippen LogP contribution is 2.34. The number of hydrogen-bond donors (Lipinski definition) is 1. The Morgan fingerprint density at radius 3 is 3.08 bits per heavy atom. The molecule has 4 heteroatoms. The molecule has 0 fully saturated rings. The second-order valence-electron chi connectivity index (χ2n) is 2.88. The van der Waals surface area contributed by atoms with Gasteiger partial charge in [-0.25, -0.2) is 4.39 Å². The minimum absolute atomic E-state index is 0.0914. The zero-order valence-corrected chi connectivity index (χ0v) is 6.66. The van der Waals surface area contributed by atoms with Crippen LogP contribution in [-0.4, -0.2) is 17.7 Å². The molecule has 0 amide bonds. The summed E-state index contributed by atoms with van der Waals surface area (Å²) < 4.78 is 17.7. The molecule has 1 unspecified atom stereocenters. The summed E-state index contributed by atoms with van der Waals surface area (Å²) in [7, 11) is 0. The molecule has 0 radical (unpaired) electrons. The highest BCUT2D eigenvalue weighted by Gasteiger charge is 2.30. The Morgan fingerprint density at radius 1 is 1.62 bits per heavy atom. The van der Waals surface area contributed by atoms with Crippen LogP contribution >= 0.6 is 0 Å². The van der Waals surface area contributed by atoms with Crippen molar-refractivity contribution in [3.63, 3.8) is 0 Å². The highest BCUT2D eigenvalue weighted by molar-refractivity contribution is 5.78. The molecule has 1 aromatic carbocycles. The quantitative estimate of drug-likeness (QED) is 0.713. The third-order valence-electron chi connectivity index (χ3n) is 2.05. The van der Waals surface area contributed by atoms with E-state index in [4.69, 9.17) is 9.84 Å². The summed E-state index contributed by atoms with van der Waals surface area (Å²) in [5, 5.41) is 8.76. The standard InChI is InChI=1S/C9H7FO3/c10-5-1-2-6-7(9(11)12)4-13-8(6)3-5/h1-3,7H,4H2,(H,11,12). The highest BCUT2D eigenvalue weighted by atomic mass is 19.1. The third kappa shape index (κ3) is 1.24. The molecular weight excluding hydrogens is 175 g/mol. The zero-order chi connectivity index (χ0) is 9.42. The van der Waals surface area contributed by atoms with Crippen LogP contribution in [0.4, 0.5) is 4.39 Å². The maximum absolute atomic E-state index is 12.7. The molecule has 1 aliphatic rings. The number of carbonyl (C=O) groups is 1. The summed E-state index contributed by atoms with van der Waals surface area (Å²) in [6, 6.07) is 3.90. The predicted molar refractivity (Wildman–Crippen MR) is 42.3 cm³/mol. The smallest absolute Gasteiger partial charge is 0.314 e. The van der Waals surface area contributed by atoms with Gasteiger partial charge in [0.2, 0.25) is 0 Å². The molecule has 1 N–H and O–H groups in total. The number of halogens is 1. The average molecular weight is 182 g/mol. The van der Waals surface area contributed by atoms with Gasteiger partial charge in [-0.3, -0.25) is 4.79 Å². The molecule has 1 aliphatic heterocycles. The summed E-state index contributed by atoms with van der Waals surface area (Å²) in [4.78, 5) is 10.7. The molecular formula is C9H7FO3. The van der Waals surface area contributed by atoms with E-state index in [1.165, 1.54) is 18.2 Å². The molecule has 0 saturated heterocycles. The number of ether oxygens (including phenoxy) is 1. The van der Waals surface area contributed by atoms with Crippen molar-refractivity contribution in [2.45, 2.75) is 5.92 Å². The van der Waals surface area contributed by atoms with Crippen LogP contribution in [-0.2, 0) is 4.79 Å². The van der Waals surface area contributed by atoms with Gasteiger partial charge in [0.1, 0.15) is 24.1 Å². The Labute approximate surface area is 73.8 Å². The lowest BCUT2D eigenvalue weighted by atomic mass is 10.0. The lowest BCUT2D eigenvalue weighted by molar-refractivity contribution is -0.138. The summed E-state index contributed by atoms with van der Waals surface area (Å²) >= 11 is 0. The topological polar surface area (TPSA) is 46.5 Å². The first-order valence-electron chi connectivity index (χ1n) is 3.83. The van der Waals surface area contributed by atoms with Crippen LogP contribution in [0, 0.1) is 5.82 Å². The Kier molecular flexibility index (Phi) is 1.69. The molecule has 2 rings (SSSR count). The third-order valence-corrected chi connectivity index (χ3v) is 2.05. The predicted octanol–water partition coefficient (Wildman–Crippen LogP) is 1.39. The van der Waals surface area contributed by atoms with Crippen molar-refractivity contribution < 1.29 is 19.0 Å². The van der Waals surface area contributed by atoms with E-state index in [1.54, 1.807) is 0 Å². The van der Waals surface area contributed by atoms with Crippen LogP contribution in [0.3, 0.4) is 0 Å². The lowest BCUT2D eigenvalue weighted by Gasteiger charge is -2.00. The molecule has 0 spiro atoms. The first-order valence-corrected chi connectivity index (χ1v) is 3.83. The van der Waals surface area contributed by atoms with E-state index in [-0.39, 0.29) is 6.61 Å². The van der Waals surface area contributed by atoms with Crippen LogP contribution in [0.2, 0.25) is 0 Å². The summed E-state index contributed by atoms with van der Waals surface area (Å²) in [6.45, 7) is 0.0914. The van der Waals surface area contributed by atoms with E-state index in [2.05, 4.69) is 0 Å². The van der Waals surface area contributed by atoms with Gasteiger partial charge in [-0.15, -0.1) is 0 Å². The zero-order valence-electron chi connectivity index (χ0n) is 6.66. The maximum Gasteiger partial charge on any atom is 0.314 e. The fourth-order valence-corrected chi connectivity index (χ4v) is 1.39. The van der Waals surface area contributed by atoms with Crippen molar-refractivity contribution >= 4 is 5.97 Å². The fourth-order valence-electron chi connectivity index (χ4n) is 1.39. The van der Waals surface area contributed by atoms with Gasteiger partial charge < -0.3 is 9.84 Å². The number of rotatable bonds is 1. The van der Waals surface area contributed by atoms with Crippen molar-refractivity contribution in [1.82, 2.24) is 0 Å². The molecule has 1 heterocycles. The van der Waals surface area contributed by atoms with Crippen LogP contribution < -0.4 is 4.74 Å². The Balaban J connectivity index is 2.44. The molecule has 1 atom stereocenters. The Bertz CT molecular complexity index is 362. The molecule has 1 aromatic rings. The minimum Gasteiger partial charge on any atom is -0.492 e. The molecule has 0 aromatic heterocycles. The second-order valence-corrected chi connectivity index (χ2v) is 2.88. The Morgan fingerprint density at radius 2 is 2.38 bits per heavy atom. The van der Waals surface area contributed by atoms with Gasteiger partial charge in [-0.05, 0) is 6.07 Å². The number of carboxylic acid groups (broad SMARTS) is 1. The van der Waals surface area contributed by atoms with Crippen LogP contribution in [0.25, 0.3) is 0 Å². The van der Waals surface area contributed by atoms with Gasteiger partial charge in [0, 0.05) is 11.6 Å². The van der Waals surface area contributed by atoms with Crippen LogP contribution in [0.5, 0.6) is 5.75 Å². The number of fused-ring (bicyclic) bond motifs is 1. The van der Waals surface area contributed by atoms with Crippen LogP contribution in [0.1, 0.15) is 11.5 Å². The van der Waals surface area contributed by atoms with Crippen molar-refractivity contribution in [2.75, 3.05) is 6.61 Å². The van der Waals surface area contributed by atoms with Gasteiger partial charge >= 0.3 is 5.97 Å². The minimum atomic E-state index is -0.939. The number of carboxylic acids is 1. The van der Waals surface area contributed by atoms with Gasteiger partial charge in [-0.1, -0.05) is 6.07 Å². The molecule has 3 nitrogen and oxygen atoms in total. The van der Waals surface area contributed by atoms with Gasteiger partial charge in [-0.2, -0.15) is 0 Å². The summed E-state index contributed by atoms with van der Waals surface area (Å²) in [5.74, 6) is -1.67. The van der Waals surface area contributed by atoms with Crippen molar-refractivity contribution in [3.05, 3.63) is 29.6 Å². The van der Waals surface area contributed by atoms with E-state index in [1.807, 2.05) is 0 Å². The SMILES string of the molecule is O=C(O)C1COc2cc(F)ccc21. The van der Waals surface area contributed by atoms with Gasteiger partial charge in [0.15, 0.2) is 0 Å². The molecule has 0 saturated carbocycles. The fraction of sp³-hybridized carbons (Fsp3) is 0.222. The van der Waals surface area contributed by atoms with E-state index >= 15 is 0 Å². The average Bonchev–Trinajstić information content (AvgIpc) is 2.46. The van der Waals surface area contributed by atoms with Gasteiger partial charge in [0.05, 0.1) is 0 Å². The van der Waals surface area contributed by atoms with E-state index in [0.29, 0.717) is 11.3 Å². The maximum atomic E-state index is 12.7. The van der Waals surface area contributed by atoms with Crippen molar-refractivity contribution in [3.8, 4) is 5.75 Å². The summed E-state index contributed by atoms with van der Waals surface area (Å²) in [6.07, 6.45) is 0. The Hall–Kier alpha value is -1.58.